The second-order valence-corrected chi connectivity index (χ2v) is 5.84. The fourth-order valence-electron chi connectivity index (χ4n) is 2.40. The number of nitrogens with zero attached hydrogens (tertiary/aromatic N) is 1. The average molecular weight is 399 g/mol. The van der Waals surface area contributed by atoms with Gasteiger partial charge in [0.25, 0.3) is 0 Å². The Kier molecular flexibility index (Phi) is 6.87. The van der Waals surface area contributed by atoms with Crippen molar-refractivity contribution in [1.82, 2.24) is 4.98 Å². The summed E-state index contributed by atoms with van der Waals surface area (Å²) >= 11 is 0. The van der Waals surface area contributed by atoms with Crippen LogP contribution in [0.4, 0.5) is 22.0 Å². The van der Waals surface area contributed by atoms with Crippen molar-refractivity contribution in [1.29, 1.82) is 0 Å². The first-order chi connectivity index (χ1) is 12.3. The van der Waals surface area contributed by atoms with Crippen molar-refractivity contribution in [3.05, 3.63) is 28.1 Å². The third-order valence-electron chi connectivity index (χ3n) is 3.49. The summed E-state index contributed by atoms with van der Waals surface area (Å²) in [5, 5.41) is 0. The van der Waals surface area contributed by atoms with Gasteiger partial charge in [-0.25, -0.2) is 14.6 Å². The van der Waals surface area contributed by atoms with Crippen molar-refractivity contribution in [2.75, 3.05) is 21.3 Å². The van der Waals surface area contributed by atoms with E-state index in [-0.39, 0.29) is 6.42 Å². The van der Waals surface area contributed by atoms with E-state index in [1.807, 2.05) is 0 Å². The Hall–Kier alpha value is -2.30. The highest BCUT2D eigenvalue weighted by Gasteiger charge is 2.47. The molecule has 0 N–H and O–H groups in total. The van der Waals surface area contributed by atoms with Gasteiger partial charge in [-0.15, -0.1) is 0 Å². The molecule has 0 aromatic carbocycles. The number of carbonyl (C=O) groups excluding carboxylic acids is 2. The Morgan fingerprint density at radius 2 is 1.37 bits per heavy atom. The molecule has 0 bridgehead atoms. The molecule has 1 aromatic heterocycles. The van der Waals surface area contributed by atoms with Gasteiger partial charge in [-0.3, -0.25) is 0 Å². The molecule has 0 aliphatic rings. The van der Waals surface area contributed by atoms with Crippen molar-refractivity contribution in [3.63, 3.8) is 0 Å². The van der Waals surface area contributed by atoms with Crippen LogP contribution in [0.2, 0.25) is 0 Å². The summed E-state index contributed by atoms with van der Waals surface area (Å²) < 4.78 is 81.5. The van der Waals surface area contributed by atoms with Gasteiger partial charge in [0.1, 0.15) is 0 Å². The molecule has 11 heteroatoms. The second kappa shape index (κ2) is 8.15. The highest BCUT2D eigenvalue weighted by molar-refractivity contribution is 5.99. The molecule has 6 nitrogen and oxygen atoms in total. The number of esters is 2. The molecule has 0 spiro atoms. The molecular formula is C16H18F5NO5. The van der Waals surface area contributed by atoms with Crippen LogP contribution in [-0.4, -0.2) is 38.3 Å². The van der Waals surface area contributed by atoms with Gasteiger partial charge in [0.15, 0.2) is 11.4 Å². The van der Waals surface area contributed by atoms with Crippen LogP contribution in [0.25, 0.3) is 0 Å². The Balaban J connectivity index is 4.19. The van der Waals surface area contributed by atoms with E-state index >= 15 is 0 Å². The zero-order valence-corrected chi connectivity index (χ0v) is 15.2. The zero-order valence-electron chi connectivity index (χ0n) is 15.2. The number of carbonyl (C=O) groups is 2. The molecule has 0 aliphatic carbocycles. The lowest BCUT2D eigenvalue weighted by Crippen LogP contribution is -2.30. The first-order valence-corrected chi connectivity index (χ1v) is 7.55. The molecule has 152 valence electrons. The van der Waals surface area contributed by atoms with E-state index in [1.165, 1.54) is 0 Å². The van der Waals surface area contributed by atoms with E-state index in [2.05, 4.69) is 19.2 Å². The van der Waals surface area contributed by atoms with Crippen LogP contribution in [0.15, 0.2) is 0 Å². The summed E-state index contributed by atoms with van der Waals surface area (Å²) in [7, 11) is 2.20. The van der Waals surface area contributed by atoms with Crippen LogP contribution in [-0.2, 0) is 32.9 Å². The molecule has 0 atom stereocenters. The average Bonchev–Trinajstić information content (AvgIpc) is 2.57. The van der Waals surface area contributed by atoms with Crippen molar-refractivity contribution in [2.45, 2.75) is 32.6 Å². The molecule has 0 saturated carbocycles. The fraction of sp³-hybridized carbons (Fsp3) is 0.562. The summed E-state index contributed by atoms with van der Waals surface area (Å²) in [6, 6.07) is 0. The molecule has 27 heavy (non-hydrogen) atoms. The van der Waals surface area contributed by atoms with E-state index in [0.29, 0.717) is 7.11 Å². The van der Waals surface area contributed by atoms with Gasteiger partial charge in [-0.1, -0.05) is 13.8 Å². The van der Waals surface area contributed by atoms with Crippen molar-refractivity contribution >= 4 is 11.9 Å². The van der Waals surface area contributed by atoms with Gasteiger partial charge in [0.05, 0.1) is 25.3 Å². The first kappa shape index (κ1) is 22.7. The van der Waals surface area contributed by atoms with Crippen LogP contribution in [0, 0.1) is 5.92 Å². The smallest absolute Gasteiger partial charge is 0.434 e. The quantitative estimate of drug-likeness (QED) is 0.538. The normalized spacial score (nSPS) is 12.3. The van der Waals surface area contributed by atoms with Gasteiger partial charge < -0.3 is 14.2 Å². The van der Waals surface area contributed by atoms with Crippen LogP contribution in [0.3, 0.4) is 0 Å². The van der Waals surface area contributed by atoms with Gasteiger partial charge in [0, 0.05) is 7.11 Å². The Bertz CT molecular complexity index is 731. The number of hydrogen-bond donors (Lipinski definition) is 0. The van der Waals surface area contributed by atoms with Crippen LogP contribution >= 0.6 is 0 Å². The summed E-state index contributed by atoms with van der Waals surface area (Å²) in [5.74, 6) is -3.27. The summed E-state index contributed by atoms with van der Waals surface area (Å²) in [5.41, 5.74) is -6.17. The first-order valence-electron chi connectivity index (χ1n) is 7.55. The number of alkyl halides is 5. The SMILES string of the molecule is COC(=O)c1c(C(F)(F)F)nc(C(F)(F)OC)c(C(=O)OC)c1CC(C)C. The lowest BCUT2D eigenvalue weighted by molar-refractivity contribution is -0.235. The van der Waals surface area contributed by atoms with E-state index in [1.54, 1.807) is 13.8 Å². The van der Waals surface area contributed by atoms with Gasteiger partial charge >= 0.3 is 24.2 Å². The molecule has 0 unspecified atom stereocenters. The highest BCUT2D eigenvalue weighted by Crippen LogP contribution is 2.40. The van der Waals surface area contributed by atoms with Crippen LogP contribution < -0.4 is 0 Å². The largest absolute Gasteiger partial charge is 0.465 e. The number of hydrogen-bond acceptors (Lipinski definition) is 6. The fourth-order valence-corrected chi connectivity index (χ4v) is 2.40. The predicted octanol–water partition coefficient (Wildman–Crippen LogP) is 3.57. The lowest BCUT2D eigenvalue weighted by atomic mass is 9.90. The summed E-state index contributed by atoms with van der Waals surface area (Å²) in [6.45, 7) is 3.12. The number of methoxy groups -OCH3 is 3. The molecule has 1 aromatic rings. The molecule has 0 amide bonds. The zero-order chi connectivity index (χ0) is 21.2. The number of aromatic nitrogens is 1. The number of rotatable bonds is 6. The number of ether oxygens (including phenoxy) is 3. The third-order valence-corrected chi connectivity index (χ3v) is 3.49. The minimum atomic E-state index is -5.28. The number of halogens is 5. The van der Waals surface area contributed by atoms with E-state index in [9.17, 15) is 31.5 Å². The van der Waals surface area contributed by atoms with E-state index in [0.717, 1.165) is 14.2 Å². The minimum Gasteiger partial charge on any atom is -0.465 e. The molecule has 1 heterocycles. The highest BCUT2D eigenvalue weighted by atomic mass is 19.4. The van der Waals surface area contributed by atoms with Crippen molar-refractivity contribution < 1.29 is 45.8 Å². The summed E-state index contributed by atoms with van der Waals surface area (Å²) in [6.07, 6.45) is -9.94. The minimum absolute atomic E-state index is 0.326. The topological polar surface area (TPSA) is 74.7 Å². The maximum Gasteiger partial charge on any atom is 0.434 e. The number of pyridine rings is 1. The van der Waals surface area contributed by atoms with Gasteiger partial charge in [-0.2, -0.15) is 22.0 Å². The Morgan fingerprint density at radius 1 is 0.926 bits per heavy atom. The van der Waals surface area contributed by atoms with Gasteiger partial charge in [-0.05, 0) is 17.9 Å². The molecule has 1 rings (SSSR count). The van der Waals surface area contributed by atoms with Gasteiger partial charge in [0.2, 0.25) is 0 Å². The molecule has 0 fully saturated rings. The predicted molar refractivity (Wildman–Crippen MR) is 81.4 cm³/mol. The molecule has 0 aliphatic heterocycles. The van der Waals surface area contributed by atoms with Crippen LogP contribution in [0.1, 0.15) is 51.5 Å². The van der Waals surface area contributed by atoms with E-state index < -0.39 is 58.2 Å². The maximum absolute atomic E-state index is 14.2. The Labute approximate surface area is 151 Å². The monoisotopic (exact) mass is 399 g/mol. The van der Waals surface area contributed by atoms with Crippen LogP contribution in [0.5, 0.6) is 0 Å². The Morgan fingerprint density at radius 3 is 1.70 bits per heavy atom. The van der Waals surface area contributed by atoms with Crippen molar-refractivity contribution in [3.8, 4) is 0 Å². The third kappa shape index (κ3) is 4.71. The van der Waals surface area contributed by atoms with Crippen molar-refractivity contribution in [2.24, 2.45) is 5.92 Å². The maximum atomic E-state index is 14.2. The summed E-state index contributed by atoms with van der Waals surface area (Å²) in [4.78, 5) is 27.1. The standard InChI is InChI=1S/C16H18F5NO5/c1-7(2)6-8-9(13(23)25-3)11(15(17,18)19)22-12(16(20,21)27-5)10(8)14(24)26-4/h7H,6H2,1-5H3. The second-order valence-electron chi connectivity index (χ2n) is 5.84. The molecule has 0 saturated heterocycles. The van der Waals surface area contributed by atoms with E-state index in [4.69, 9.17) is 0 Å². The lowest BCUT2D eigenvalue weighted by Gasteiger charge is -2.24. The molecule has 0 radical (unpaired) electrons. The molecular weight excluding hydrogens is 381 g/mol.